The first-order valence-corrected chi connectivity index (χ1v) is 7.22. The molecule has 1 rings (SSSR count). The summed E-state index contributed by atoms with van der Waals surface area (Å²) in [6.07, 6.45) is 4.39. The zero-order valence-corrected chi connectivity index (χ0v) is 11.8. The highest BCUT2D eigenvalue weighted by Crippen LogP contribution is 2.21. The van der Waals surface area contributed by atoms with Crippen molar-refractivity contribution in [1.82, 2.24) is 4.90 Å². The smallest absolute Gasteiger partial charge is 0.303 e. The van der Waals surface area contributed by atoms with Crippen molar-refractivity contribution in [2.75, 3.05) is 19.6 Å². The summed E-state index contributed by atoms with van der Waals surface area (Å²) in [5.74, 6) is 0.0000459. The van der Waals surface area contributed by atoms with Gasteiger partial charge in [-0.25, -0.2) is 0 Å². The van der Waals surface area contributed by atoms with Crippen LogP contribution in [0.4, 0.5) is 0 Å². The van der Waals surface area contributed by atoms with Crippen LogP contribution >= 0.6 is 0 Å². The van der Waals surface area contributed by atoms with E-state index < -0.39 is 5.97 Å². The topological polar surface area (TPSA) is 83.6 Å². The Kier molecular flexibility index (Phi) is 6.84. The van der Waals surface area contributed by atoms with Crippen LogP contribution in [0.25, 0.3) is 0 Å². The third-order valence-electron chi connectivity index (χ3n) is 3.85. The Balaban J connectivity index is 2.33. The minimum absolute atomic E-state index is 0.122. The van der Waals surface area contributed by atoms with E-state index in [1.807, 2.05) is 4.90 Å². The average Bonchev–Trinajstić information content (AvgIpc) is 2.36. The number of carboxylic acid groups (broad SMARTS) is 1. The highest BCUT2D eigenvalue weighted by molar-refractivity contribution is 5.76. The molecule has 0 radical (unpaired) electrons. The second-order valence-corrected chi connectivity index (χ2v) is 5.67. The van der Waals surface area contributed by atoms with Crippen LogP contribution in [0, 0.1) is 11.8 Å². The Hall–Kier alpha value is -1.10. The van der Waals surface area contributed by atoms with Gasteiger partial charge in [0.1, 0.15) is 0 Å². The quantitative estimate of drug-likeness (QED) is 0.733. The molecule has 0 aromatic carbocycles. The molecule has 110 valence electrons. The number of carboxylic acids is 1. The zero-order valence-electron chi connectivity index (χ0n) is 11.8. The number of nitrogens with two attached hydrogens (primary N) is 1. The van der Waals surface area contributed by atoms with Crippen LogP contribution in [-0.2, 0) is 9.59 Å². The Bertz CT molecular complexity index is 307. The lowest BCUT2D eigenvalue weighted by Crippen LogP contribution is -2.40. The van der Waals surface area contributed by atoms with Crippen molar-refractivity contribution in [3.63, 3.8) is 0 Å². The molecule has 2 unspecified atom stereocenters. The van der Waals surface area contributed by atoms with Crippen molar-refractivity contribution in [3.8, 4) is 0 Å². The Morgan fingerprint density at radius 1 is 1.42 bits per heavy atom. The maximum absolute atomic E-state index is 12.1. The Labute approximate surface area is 115 Å². The van der Waals surface area contributed by atoms with Gasteiger partial charge in [0.05, 0.1) is 0 Å². The van der Waals surface area contributed by atoms with Gasteiger partial charge in [0, 0.05) is 25.9 Å². The zero-order chi connectivity index (χ0) is 14.3. The molecule has 1 saturated heterocycles. The molecule has 1 heterocycles. The molecule has 3 N–H and O–H groups in total. The van der Waals surface area contributed by atoms with Crippen LogP contribution in [0.15, 0.2) is 0 Å². The highest BCUT2D eigenvalue weighted by Gasteiger charge is 2.25. The minimum atomic E-state index is -0.768. The number of hydrogen-bond donors (Lipinski definition) is 2. The molecule has 0 aromatic heterocycles. The first-order valence-electron chi connectivity index (χ1n) is 7.22. The largest absolute Gasteiger partial charge is 0.481 e. The van der Waals surface area contributed by atoms with E-state index in [4.69, 9.17) is 10.8 Å². The fourth-order valence-electron chi connectivity index (χ4n) is 2.66. The molecular formula is C14H26N2O3. The molecule has 0 bridgehead atoms. The first-order chi connectivity index (χ1) is 9.02. The molecule has 1 aliphatic heterocycles. The average molecular weight is 270 g/mol. The predicted molar refractivity (Wildman–Crippen MR) is 73.6 cm³/mol. The van der Waals surface area contributed by atoms with Crippen molar-refractivity contribution < 1.29 is 14.7 Å². The fourth-order valence-corrected chi connectivity index (χ4v) is 2.66. The lowest BCUT2D eigenvalue weighted by atomic mass is 9.94. The number of carbonyl (C=O) groups excluding carboxylic acids is 1. The van der Waals surface area contributed by atoms with Crippen molar-refractivity contribution in [1.29, 1.82) is 0 Å². The van der Waals surface area contributed by atoms with Crippen LogP contribution in [0.1, 0.15) is 45.4 Å². The van der Waals surface area contributed by atoms with Crippen LogP contribution in [0.5, 0.6) is 0 Å². The lowest BCUT2D eigenvalue weighted by molar-refractivity contribution is -0.140. The second-order valence-electron chi connectivity index (χ2n) is 5.67. The van der Waals surface area contributed by atoms with E-state index in [1.165, 1.54) is 0 Å². The monoisotopic (exact) mass is 270 g/mol. The SMILES string of the molecule is CC(CCN)CCC(=O)N1CCCC(CC(=O)O)C1. The maximum atomic E-state index is 12.1. The summed E-state index contributed by atoms with van der Waals surface area (Å²) in [6.45, 7) is 4.17. The van der Waals surface area contributed by atoms with Gasteiger partial charge in [0.15, 0.2) is 0 Å². The third-order valence-corrected chi connectivity index (χ3v) is 3.85. The highest BCUT2D eigenvalue weighted by atomic mass is 16.4. The lowest BCUT2D eigenvalue weighted by Gasteiger charge is -2.32. The van der Waals surface area contributed by atoms with E-state index in [0.29, 0.717) is 25.4 Å². The van der Waals surface area contributed by atoms with Gasteiger partial charge in [-0.2, -0.15) is 0 Å². The number of rotatable bonds is 7. The summed E-state index contributed by atoms with van der Waals surface area (Å²) >= 11 is 0. The molecule has 1 amide bonds. The van der Waals surface area contributed by atoms with Crippen molar-refractivity contribution in [2.45, 2.75) is 45.4 Å². The van der Waals surface area contributed by atoms with Crippen molar-refractivity contribution in [3.05, 3.63) is 0 Å². The van der Waals surface area contributed by atoms with Crippen LogP contribution < -0.4 is 5.73 Å². The maximum Gasteiger partial charge on any atom is 0.303 e. The first kappa shape index (κ1) is 16.0. The number of piperidine rings is 1. The molecule has 5 heteroatoms. The molecule has 0 spiro atoms. The summed E-state index contributed by atoms with van der Waals surface area (Å²) in [5, 5.41) is 8.81. The van der Waals surface area contributed by atoms with Crippen molar-refractivity contribution >= 4 is 11.9 Å². The fraction of sp³-hybridized carbons (Fsp3) is 0.857. The van der Waals surface area contributed by atoms with E-state index in [2.05, 4.69) is 6.92 Å². The van der Waals surface area contributed by atoms with Gasteiger partial charge in [-0.3, -0.25) is 9.59 Å². The molecule has 1 fully saturated rings. The van der Waals surface area contributed by atoms with E-state index >= 15 is 0 Å². The minimum Gasteiger partial charge on any atom is -0.481 e. The predicted octanol–water partition coefficient (Wildman–Crippen LogP) is 1.46. The molecule has 1 aliphatic rings. The molecule has 2 atom stereocenters. The van der Waals surface area contributed by atoms with Gasteiger partial charge in [0.2, 0.25) is 5.91 Å². The Morgan fingerprint density at radius 3 is 2.79 bits per heavy atom. The van der Waals surface area contributed by atoms with Crippen molar-refractivity contribution in [2.24, 2.45) is 17.6 Å². The van der Waals surface area contributed by atoms with Crippen LogP contribution in [0.2, 0.25) is 0 Å². The van der Waals surface area contributed by atoms with Gasteiger partial charge in [-0.1, -0.05) is 6.92 Å². The number of nitrogens with zero attached hydrogens (tertiary/aromatic N) is 1. The number of aliphatic carboxylic acids is 1. The summed E-state index contributed by atoms with van der Waals surface area (Å²) in [4.78, 5) is 24.6. The molecule has 0 saturated carbocycles. The molecular weight excluding hydrogens is 244 g/mol. The van der Waals surface area contributed by atoms with Gasteiger partial charge in [0.25, 0.3) is 0 Å². The molecule has 5 nitrogen and oxygen atoms in total. The number of likely N-dealkylation sites (tertiary alicyclic amines) is 1. The van der Waals surface area contributed by atoms with E-state index in [0.717, 1.165) is 32.2 Å². The summed E-state index contributed by atoms with van der Waals surface area (Å²) < 4.78 is 0. The van der Waals surface area contributed by atoms with Gasteiger partial charge < -0.3 is 15.7 Å². The molecule has 19 heavy (non-hydrogen) atoms. The third kappa shape index (κ3) is 6.05. The van der Waals surface area contributed by atoms with Gasteiger partial charge >= 0.3 is 5.97 Å². The normalized spacial score (nSPS) is 21.2. The summed E-state index contributed by atoms with van der Waals surface area (Å²) in [7, 11) is 0. The van der Waals surface area contributed by atoms with Crippen LogP contribution in [0.3, 0.4) is 0 Å². The number of amides is 1. The standard InChI is InChI=1S/C14H26N2O3/c1-11(6-7-15)4-5-13(17)16-8-2-3-12(10-16)9-14(18)19/h11-12H,2-10,15H2,1H3,(H,18,19). The Morgan fingerprint density at radius 2 is 2.16 bits per heavy atom. The number of hydrogen-bond acceptors (Lipinski definition) is 3. The number of carbonyl (C=O) groups is 2. The van der Waals surface area contributed by atoms with E-state index in [-0.39, 0.29) is 18.2 Å². The van der Waals surface area contributed by atoms with Gasteiger partial charge in [-0.15, -0.1) is 0 Å². The van der Waals surface area contributed by atoms with Gasteiger partial charge in [-0.05, 0) is 44.1 Å². The second kappa shape index (κ2) is 8.15. The molecule has 0 aromatic rings. The summed E-state index contributed by atoms with van der Waals surface area (Å²) in [6, 6.07) is 0. The molecule has 0 aliphatic carbocycles. The van der Waals surface area contributed by atoms with Crippen LogP contribution in [-0.4, -0.2) is 41.5 Å². The summed E-state index contributed by atoms with van der Waals surface area (Å²) in [5.41, 5.74) is 5.49. The van der Waals surface area contributed by atoms with E-state index in [1.54, 1.807) is 0 Å². The van der Waals surface area contributed by atoms with E-state index in [9.17, 15) is 9.59 Å².